The number of aromatic nitrogens is 3. The number of rotatable bonds is 7. The van der Waals surface area contributed by atoms with Crippen LogP contribution in [0.15, 0.2) is 91.1 Å². The maximum Gasteiger partial charge on any atom is 0.280 e. The minimum absolute atomic E-state index is 0.205. The van der Waals surface area contributed by atoms with E-state index in [0.717, 1.165) is 22.6 Å². The summed E-state index contributed by atoms with van der Waals surface area (Å²) in [5, 5.41) is 8.27. The number of benzene rings is 3. The molecule has 30 heavy (non-hydrogen) atoms. The molecule has 0 radical (unpaired) electrons. The van der Waals surface area contributed by atoms with Gasteiger partial charge in [0.15, 0.2) is 5.69 Å². The van der Waals surface area contributed by atoms with Crippen LogP contribution in [0.25, 0.3) is 0 Å². The highest BCUT2D eigenvalue weighted by Crippen LogP contribution is 2.23. The van der Waals surface area contributed by atoms with Gasteiger partial charge in [-0.15, -0.1) is 5.10 Å². The number of carbonyl (C=O) groups excluding carboxylic acids is 1. The summed E-state index contributed by atoms with van der Waals surface area (Å²) in [4.78, 5) is 15.0. The standard InChI is InChI=1S/C24H22N4O2/c1-30-22-14-12-21(13-15-22)28(17-20-10-6-3-7-11-20)24(29)23-18-27(26-25-23)16-19-8-4-2-5-9-19/h2-15,18H,16-17H2,1H3. The molecular formula is C24H22N4O2. The molecule has 150 valence electrons. The van der Waals surface area contributed by atoms with Gasteiger partial charge >= 0.3 is 0 Å². The van der Waals surface area contributed by atoms with E-state index in [1.54, 1.807) is 22.9 Å². The minimum atomic E-state index is -0.205. The lowest BCUT2D eigenvalue weighted by atomic mass is 10.2. The average Bonchev–Trinajstić information content (AvgIpc) is 3.27. The van der Waals surface area contributed by atoms with E-state index in [1.165, 1.54) is 0 Å². The smallest absolute Gasteiger partial charge is 0.280 e. The van der Waals surface area contributed by atoms with Crippen LogP contribution < -0.4 is 9.64 Å². The van der Waals surface area contributed by atoms with Gasteiger partial charge in [0.05, 0.1) is 26.4 Å². The maximum absolute atomic E-state index is 13.3. The molecule has 0 aliphatic heterocycles. The number of hydrogen-bond donors (Lipinski definition) is 0. The normalized spacial score (nSPS) is 10.6. The first-order valence-electron chi connectivity index (χ1n) is 9.67. The van der Waals surface area contributed by atoms with Crippen LogP contribution in [-0.2, 0) is 13.1 Å². The van der Waals surface area contributed by atoms with E-state index < -0.39 is 0 Å². The number of hydrogen-bond acceptors (Lipinski definition) is 4. The maximum atomic E-state index is 13.3. The molecule has 3 aromatic carbocycles. The van der Waals surface area contributed by atoms with Crippen LogP contribution in [0.5, 0.6) is 5.75 Å². The van der Waals surface area contributed by atoms with Crippen molar-refractivity contribution in [2.24, 2.45) is 0 Å². The lowest BCUT2D eigenvalue weighted by Gasteiger charge is -2.22. The number of nitrogens with zero attached hydrogens (tertiary/aromatic N) is 4. The second-order valence-corrected chi connectivity index (χ2v) is 6.86. The van der Waals surface area contributed by atoms with Gasteiger partial charge in [-0.25, -0.2) is 4.68 Å². The van der Waals surface area contributed by atoms with Gasteiger partial charge in [0.1, 0.15) is 5.75 Å². The van der Waals surface area contributed by atoms with Gasteiger partial charge < -0.3 is 9.64 Å². The average molecular weight is 398 g/mol. The highest BCUT2D eigenvalue weighted by atomic mass is 16.5. The molecule has 4 rings (SSSR count). The fourth-order valence-electron chi connectivity index (χ4n) is 3.19. The summed E-state index contributed by atoms with van der Waals surface area (Å²) in [6.07, 6.45) is 1.69. The number of carbonyl (C=O) groups is 1. The number of amides is 1. The second-order valence-electron chi connectivity index (χ2n) is 6.86. The van der Waals surface area contributed by atoms with Crippen molar-refractivity contribution >= 4 is 11.6 Å². The molecule has 6 nitrogen and oxygen atoms in total. The molecule has 0 bridgehead atoms. The van der Waals surface area contributed by atoms with Crippen molar-refractivity contribution in [1.29, 1.82) is 0 Å². The van der Waals surface area contributed by atoms with Gasteiger partial charge in [-0.2, -0.15) is 0 Å². The van der Waals surface area contributed by atoms with Gasteiger partial charge in [-0.3, -0.25) is 4.79 Å². The lowest BCUT2D eigenvalue weighted by molar-refractivity contribution is 0.0980. The van der Waals surface area contributed by atoms with E-state index in [-0.39, 0.29) is 5.91 Å². The summed E-state index contributed by atoms with van der Waals surface area (Å²) >= 11 is 0. The van der Waals surface area contributed by atoms with Crippen molar-refractivity contribution in [3.8, 4) is 5.75 Å². The van der Waals surface area contributed by atoms with Crippen LogP contribution in [-0.4, -0.2) is 28.0 Å². The first-order valence-corrected chi connectivity index (χ1v) is 9.67. The third kappa shape index (κ3) is 4.55. The van der Waals surface area contributed by atoms with E-state index in [4.69, 9.17) is 4.74 Å². The molecule has 0 saturated heterocycles. The molecule has 4 aromatic rings. The predicted molar refractivity (Wildman–Crippen MR) is 116 cm³/mol. The molecule has 0 saturated carbocycles. The molecule has 0 atom stereocenters. The van der Waals surface area contributed by atoms with Crippen LogP contribution >= 0.6 is 0 Å². The molecule has 0 N–H and O–H groups in total. The summed E-state index contributed by atoms with van der Waals surface area (Å²) in [5.74, 6) is 0.531. The molecule has 1 heterocycles. The quantitative estimate of drug-likeness (QED) is 0.469. The molecule has 0 spiro atoms. The number of ether oxygens (including phenoxy) is 1. The molecule has 0 aliphatic carbocycles. The number of anilines is 1. The summed E-state index contributed by atoms with van der Waals surface area (Å²) in [6, 6.07) is 27.2. The summed E-state index contributed by atoms with van der Waals surface area (Å²) in [5.41, 5.74) is 3.19. The zero-order valence-electron chi connectivity index (χ0n) is 16.7. The van der Waals surface area contributed by atoms with Gasteiger partial charge in [-0.1, -0.05) is 65.9 Å². The highest BCUT2D eigenvalue weighted by molar-refractivity contribution is 6.04. The zero-order chi connectivity index (χ0) is 20.8. The fraction of sp³-hybridized carbons (Fsp3) is 0.125. The van der Waals surface area contributed by atoms with Crippen molar-refractivity contribution in [2.45, 2.75) is 13.1 Å². The Bertz CT molecular complexity index is 1090. The Balaban J connectivity index is 1.60. The van der Waals surface area contributed by atoms with Crippen LogP contribution in [0.4, 0.5) is 5.69 Å². The molecule has 6 heteroatoms. The fourth-order valence-corrected chi connectivity index (χ4v) is 3.19. The van der Waals surface area contributed by atoms with E-state index in [9.17, 15) is 4.79 Å². The van der Waals surface area contributed by atoms with Crippen molar-refractivity contribution in [3.05, 3.63) is 108 Å². The Morgan fingerprint density at radius 1 is 0.900 bits per heavy atom. The minimum Gasteiger partial charge on any atom is -0.497 e. The lowest BCUT2D eigenvalue weighted by Crippen LogP contribution is -2.30. The van der Waals surface area contributed by atoms with Crippen LogP contribution in [0, 0.1) is 0 Å². The Morgan fingerprint density at radius 2 is 1.53 bits per heavy atom. The predicted octanol–water partition coefficient (Wildman–Crippen LogP) is 4.18. The Morgan fingerprint density at radius 3 is 2.17 bits per heavy atom. The molecular weight excluding hydrogens is 376 g/mol. The third-order valence-electron chi connectivity index (χ3n) is 4.76. The Hall–Kier alpha value is -3.93. The molecule has 1 aromatic heterocycles. The molecule has 0 fully saturated rings. The van der Waals surface area contributed by atoms with E-state index in [0.29, 0.717) is 18.8 Å². The first kappa shape index (κ1) is 19.4. The van der Waals surface area contributed by atoms with Crippen LogP contribution in [0.3, 0.4) is 0 Å². The summed E-state index contributed by atoms with van der Waals surface area (Å²) in [6.45, 7) is 0.986. The van der Waals surface area contributed by atoms with Gasteiger partial charge in [0, 0.05) is 5.69 Å². The molecule has 0 aliphatic rings. The Kier molecular flexibility index (Phi) is 5.85. The molecule has 1 amide bonds. The number of methoxy groups -OCH3 is 1. The van der Waals surface area contributed by atoms with Crippen LogP contribution in [0.1, 0.15) is 21.6 Å². The van der Waals surface area contributed by atoms with Gasteiger partial charge in [-0.05, 0) is 35.4 Å². The van der Waals surface area contributed by atoms with Crippen molar-refractivity contribution in [3.63, 3.8) is 0 Å². The van der Waals surface area contributed by atoms with E-state index in [1.807, 2.05) is 84.9 Å². The third-order valence-corrected chi connectivity index (χ3v) is 4.76. The van der Waals surface area contributed by atoms with Crippen molar-refractivity contribution in [1.82, 2.24) is 15.0 Å². The van der Waals surface area contributed by atoms with Gasteiger partial charge in [0.2, 0.25) is 0 Å². The Labute approximate surface area is 175 Å². The largest absolute Gasteiger partial charge is 0.497 e. The SMILES string of the molecule is COc1ccc(N(Cc2ccccc2)C(=O)c2cn(Cc3ccccc3)nn2)cc1. The van der Waals surface area contributed by atoms with E-state index in [2.05, 4.69) is 10.3 Å². The second kappa shape index (κ2) is 9.05. The zero-order valence-corrected chi connectivity index (χ0v) is 16.7. The summed E-state index contributed by atoms with van der Waals surface area (Å²) in [7, 11) is 1.62. The molecule has 0 unspecified atom stereocenters. The highest BCUT2D eigenvalue weighted by Gasteiger charge is 2.21. The van der Waals surface area contributed by atoms with Gasteiger partial charge in [0.25, 0.3) is 5.91 Å². The van der Waals surface area contributed by atoms with Crippen molar-refractivity contribution < 1.29 is 9.53 Å². The van der Waals surface area contributed by atoms with E-state index >= 15 is 0 Å². The van der Waals surface area contributed by atoms with Crippen LogP contribution in [0.2, 0.25) is 0 Å². The topological polar surface area (TPSA) is 60.2 Å². The van der Waals surface area contributed by atoms with Crippen molar-refractivity contribution in [2.75, 3.05) is 12.0 Å². The first-order chi connectivity index (χ1) is 14.7. The summed E-state index contributed by atoms with van der Waals surface area (Å²) < 4.78 is 6.92. The monoisotopic (exact) mass is 398 g/mol.